The molecule has 0 heterocycles. The van der Waals surface area contributed by atoms with Crippen molar-refractivity contribution in [3.8, 4) is 5.75 Å². The second-order valence-corrected chi connectivity index (χ2v) is 5.84. The molecule has 1 amide bonds. The zero-order valence-electron chi connectivity index (χ0n) is 14.8. The van der Waals surface area contributed by atoms with Crippen molar-refractivity contribution in [3.05, 3.63) is 101 Å². The number of carbonyl (C=O) groups excluding carboxylic acids is 2. The lowest BCUT2D eigenvalue weighted by molar-refractivity contribution is 0.0733. The second-order valence-electron chi connectivity index (χ2n) is 5.84. The maximum atomic E-state index is 12.2. The first kappa shape index (κ1) is 18.1. The van der Waals surface area contributed by atoms with Crippen LogP contribution < -0.4 is 10.2 Å². The van der Waals surface area contributed by atoms with Crippen molar-refractivity contribution in [1.82, 2.24) is 5.43 Å². The largest absolute Gasteiger partial charge is 0.423 e. The first-order valence-electron chi connectivity index (χ1n) is 8.40. The highest BCUT2D eigenvalue weighted by Crippen LogP contribution is 2.15. The van der Waals surface area contributed by atoms with E-state index in [1.54, 1.807) is 60.7 Å². The van der Waals surface area contributed by atoms with Crippen LogP contribution in [0.1, 0.15) is 31.8 Å². The number of ether oxygens (including phenoxy) is 1. The minimum Gasteiger partial charge on any atom is -0.423 e. The SMILES string of the molecule is Cc1ccccc1C(=O)Oc1ccc(/C=N/NC(=O)c2ccccc2)cc1. The van der Waals surface area contributed by atoms with Gasteiger partial charge >= 0.3 is 5.97 Å². The zero-order valence-corrected chi connectivity index (χ0v) is 14.8. The van der Waals surface area contributed by atoms with Gasteiger partial charge in [-0.2, -0.15) is 5.10 Å². The summed E-state index contributed by atoms with van der Waals surface area (Å²) in [5, 5.41) is 3.94. The first-order chi connectivity index (χ1) is 13.1. The van der Waals surface area contributed by atoms with Crippen LogP contribution in [0.3, 0.4) is 0 Å². The van der Waals surface area contributed by atoms with Gasteiger partial charge in [0.1, 0.15) is 5.75 Å². The number of nitrogens with one attached hydrogen (secondary N) is 1. The van der Waals surface area contributed by atoms with Gasteiger partial charge in [-0.3, -0.25) is 4.79 Å². The van der Waals surface area contributed by atoms with Crippen LogP contribution in [0, 0.1) is 6.92 Å². The first-order valence-corrected chi connectivity index (χ1v) is 8.40. The van der Waals surface area contributed by atoms with Crippen molar-refractivity contribution in [2.45, 2.75) is 6.92 Å². The molecule has 27 heavy (non-hydrogen) atoms. The van der Waals surface area contributed by atoms with Crippen LogP contribution in [0.25, 0.3) is 0 Å². The van der Waals surface area contributed by atoms with Crippen molar-refractivity contribution >= 4 is 18.1 Å². The summed E-state index contributed by atoms with van der Waals surface area (Å²) < 4.78 is 5.38. The molecule has 0 aliphatic carbocycles. The van der Waals surface area contributed by atoms with E-state index in [1.807, 2.05) is 25.1 Å². The Morgan fingerprint density at radius 3 is 2.26 bits per heavy atom. The quantitative estimate of drug-likeness (QED) is 0.325. The number of rotatable bonds is 5. The van der Waals surface area contributed by atoms with Gasteiger partial charge in [0.15, 0.2) is 0 Å². The van der Waals surface area contributed by atoms with E-state index in [0.717, 1.165) is 11.1 Å². The third-order valence-electron chi connectivity index (χ3n) is 3.87. The van der Waals surface area contributed by atoms with Gasteiger partial charge in [-0.15, -0.1) is 0 Å². The zero-order chi connectivity index (χ0) is 19.1. The third-order valence-corrected chi connectivity index (χ3v) is 3.87. The molecular formula is C22H18N2O3. The molecule has 3 aromatic rings. The van der Waals surface area contributed by atoms with Gasteiger partial charge in [-0.1, -0.05) is 36.4 Å². The Hall–Kier alpha value is -3.73. The smallest absolute Gasteiger partial charge is 0.343 e. The number of aryl methyl sites for hydroxylation is 1. The third kappa shape index (κ3) is 4.89. The topological polar surface area (TPSA) is 67.8 Å². The fourth-order valence-corrected chi connectivity index (χ4v) is 2.41. The molecule has 0 saturated carbocycles. The summed E-state index contributed by atoms with van der Waals surface area (Å²) >= 11 is 0. The molecule has 0 atom stereocenters. The average molecular weight is 358 g/mol. The van der Waals surface area contributed by atoms with Gasteiger partial charge in [-0.25, -0.2) is 10.2 Å². The number of nitrogens with zero attached hydrogens (tertiary/aromatic N) is 1. The summed E-state index contributed by atoms with van der Waals surface area (Å²) in [6, 6.07) is 23.0. The summed E-state index contributed by atoms with van der Waals surface area (Å²) in [7, 11) is 0. The predicted molar refractivity (Wildman–Crippen MR) is 104 cm³/mol. The van der Waals surface area contributed by atoms with E-state index < -0.39 is 5.97 Å². The molecule has 3 rings (SSSR count). The predicted octanol–water partition coefficient (Wildman–Crippen LogP) is 3.98. The van der Waals surface area contributed by atoms with E-state index in [0.29, 0.717) is 16.9 Å². The van der Waals surface area contributed by atoms with Gasteiger partial charge in [0.2, 0.25) is 0 Å². The molecule has 134 valence electrons. The Morgan fingerprint density at radius 1 is 0.889 bits per heavy atom. The molecule has 3 aromatic carbocycles. The van der Waals surface area contributed by atoms with Crippen LogP contribution in [0.5, 0.6) is 5.75 Å². The summed E-state index contributed by atoms with van der Waals surface area (Å²) in [5.74, 6) is -0.242. The van der Waals surface area contributed by atoms with E-state index in [4.69, 9.17) is 4.74 Å². The van der Waals surface area contributed by atoms with Crippen molar-refractivity contribution in [2.75, 3.05) is 0 Å². The summed E-state index contributed by atoms with van der Waals surface area (Å²) in [4.78, 5) is 24.1. The van der Waals surface area contributed by atoms with Crippen LogP contribution in [-0.4, -0.2) is 18.1 Å². The average Bonchev–Trinajstić information content (AvgIpc) is 2.70. The molecular weight excluding hydrogens is 340 g/mol. The molecule has 0 fully saturated rings. The van der Waals surface area contributed by atoms with E-state index in [9.17, 15) is 9.59 Å². The van der Waals surface area contributed by atoms with Crippen LogP contribution in [-0.2, 0) is 0 Å². The molecule has 1 N–H and O–H groups in total. The van der Waals surface area contributed by atoms with E-state index in [-0.39, 0.29) is 5.91 Å². The molecule has 0 aliphatic rings. The Labute approximate surface area is 157 Å². The van der Waals surface area contributed by atoms with Crippen LogP contribution in [0.2, 0.25) is 0 Å². The molecule has 0 bridgehead atoms. The number of hydrogen-bond acceptors (Lipinski definition) is 4. The Kier molecular flexibility index (Phi) is 5.74. The summed E-state index contributed by atoms with van der Waals surface area (Å²) in [6.45, 7) is 1.86. The number of amides is 1. The fourth-order valence-electron chi connectivity index (χ4n) is 2.41. The summed E-state index contributed by atoms with van der Waals surface area (Å²) in [6.07, 6.45) is 1.52. The Bertz CT molecular complexity index is 964. The van der Waals surface area contributed by atoms with E-state index >= 15 is 0 Å². The van der Waals surface area contributed by atoms with Crippen molar-refractivity contribution < 1.29 is 14.3 Å². The van der Waals surface area contributed by atoms with Gasteiger partial charge in [0.25, 0.3) is 5.91 Å². The normalized spacial score (nSPS) is 10.6. The van der Waals surface area contributed by atoms with Crippen molar-refractivity contribution in [2.24, 2.45) is 5.10 Å². The lowest BCUT2D eigenvalue weighted by atomic mass is 10.1. The minimum atomic E-state index is -0.398. The minimum absolute atomic E-state index is 0.282. The molecule has 0 radical (unpaired) electrons. The van der Waals surface area contributed by atoms with E-state index in [2.05, 4.69) is 10.5 Å². The maximum Gasteiger partial charge on any atom is 0.343 e. The molecule has 0 unspecified atom stereocenters. The lowest BCUT2D eigenvalue weighted by Gasteiger charge is -2.06. The van der Waals surface area contributed by atoms with Gasteiger partial charge in [-0.05, 0) is 60.5 Å². The molecule has 0 aromatic heterocycles. The highest BCUT2D eigenvalue weighted by Gasteiger charge is 2.10. The van der Waals surface area contributed by atoms with Crippen molar-refractivity contribution in [3.63, 3.8) is 0 Å². The van der Waals surface area contributed by atoms with Crippen LogP contribution in [0.4, 0.5) is 0 Å². The van der Waals surface area contributed by atoms with Gasteiger partial charge in [0, 0.05) is 5.56 Å². The van der Waals surface area contributed by atoms with Gasteiger partial charge in [0.05, 0.1) is 11.8 Å². The van der Waals surface area contributed by atoms with E-state index in [1.165, 1.54) is 6.21 Å². The standard InChI is InChI=1S/C22H18N2O3/c1-16-7-5-6-10-20(16)22(26)27-19-13-11-17(12-14-19)15-23-24-21(25)18-8-3-2-4-9-18/h2-15H,1H3,(H,24,25)/b23-15+. The lowest BCUT2D eigenvalue weighted by Crippen LogP contribution is -2.17. The number of hydrazone groups is 1. The molecule has 5 heteroatoms. The van der Waals surface area contributed by atoms with Gasteiger partial charge < -0.3 is 4.74 Å². The highest BCUT2D eigenvalue weighted by molar-refractivity contribution is 5.95. The second kappa shape index (κ2) is 8.58. The van der Waals surface area contributed by atoms with Crippen LogP contribution >= 0.6 is 0 Å². The molecule has 0 aliphatic heterocycles. The maximum absolute atomic E-state index is 12.2. The Balaban J connectivity index is 1.58. The molecule has 5 nitrogen and oxygen atoms in total. The fraction of sp³-hybridized carbons (Fsp3) is 0.0455. The van der Waals surface area contributed by atoms with Crippen molar-refractivity contribution in [1.29, 1.82) is 0 Å². The monoisotopic (exact) mass is 358 g/mol. The molecule has 0 saturated heterocycles. The van der Waals surface area contributed by atoms with Crippen LogP contribution in [0.15, 0.2) is 84.0 Å². The number of carbonyl (C=O) groups is 2. The number of benzene rings is 3. The Morgan fingerprint density at radius 2 is 1.56 bits per heavy atom. The molecule has 0 spiro atoms. The summed E-state index contributed by atoms with van der Waals surface area (Å²) in [5.41, 5.74) is 5.16. The highest BCUT2D eigenvalue weighted by atomic mass is 16.5. The number of hydrogen-bond donors (Lipinski definition) is 1. The number of esters is 1.